The summed E-state index contributed by atoms with van der Waals surface area (Å²) in [4.78, 5) is 18.2. The van der Waals surface area contributed by atoms with Crippen LogP contribution in [0.3, 0.4) is 0 Å². The Bertz CT molecular complexity index is 910. The van der Waals surface area contributed by atoms with Crippen molar-refractivity contribution in [3.8, 4) is 5.75 Å². The van der Waals surface area contributed by atoms with Gasteiger partial charge in [0.25, 0.3) is 0 Å². The molecule has 0 unspecified atom stereocenters. The van der Waals surface area contributed by atoms with E-state index in [1.807, 2.05) is 30.3 Å². The van der Waals surface area contributed by atoms with Crippen molar-refractivity contribution < 1.29 is 9.53 Å². The summed E-state index contributed by atoms with van der Waals surface area (Å²) in [5.74, 6) is 1.12. The molecule has 4 rings (SSSR count). The lowest BCUT2D eigenvalue weighted by Gasteiger charge is -2.23. The predicted molar refractivity (Wildman–Crippen MR) is 108 cm³/mol. The molecule has 3 aromatic rings. The number of aromatic amines is 1. The summed E-state index contributed by atoms with van der Waals surface area (Å²) in [7, 11) is 1.67. The summed E-state index contributed by atoms with van der Waals surface area (Å²) >= 11 is 0. The highest BCUT2D eigenvalue weighted by Crippen LogP contribution is 2.30. The molecular formula is C23H26N2O2. The Kier molecular flexibility index (Phi) is 5.14. The molecular weight excluding hydrogens is 336 g/mol. The molecule has 1 amide bonds. The standard InChI is InChI=1S/C23H26N2O2/c1-27-20-13-9-17(10-14-20)16-25(19-11-12-19)23(26)8-4-5-18-15-24-22-7-3-2-6-21(18)22/h2-3,6-7,9-10,13-15,19,24H,4-5,8,11-12,16H2,1H3. The molecule has 0 aliphatic heterocycles. The van der Waals surface area contributed by atoms with E-state index in [-0.39, 0.29) is 5.91 Å². The first-order valence-electron chi connectivity index (χ1n) is 9.72. The number of ether oxygens (including phenoxy) is 1. The fraction of sp³-hybridized carbons (Fsp3) is 0.348. The van der Waals surface area contributed by atoms with Crippen molar-refractivity contribution in [3.05, 3.63) is 65.9 Å². The number of aromatic nitrogens is 1. The van der Waals surface area contributed by atoms with Crippen LogP contribution in [-0.2, 0) is 17.8 Å². The van der Waals surface area contributed by atoms with Gasteiger partial charge < -0.3 is 14.6 Å². The summed E-state index contributed by atoms with van der Waals surface area (Å²) in [6.07, 6.45) is 6.75. The van der Waals surface area contributed by atoms with Gasteiger partial charge in [0.1, 0.15) is 5.75 Å². The molecule has 0 atom stereocenters. The van der Waals surface area contributed by atoms with Crippen molar-refractivity contribution in [2.75, 3.05) is 7.11 Å². The van der Waals surface area contributed by atoms with Gasteiger partial charge in [-0.15, -0.1) is 0 Å². The Morgan fingerprint density at radius 1 is 1.15 bits per heavy atom. The van der Waals surface area contributed by atoms with Crippen molar-refractivity contribution in [1.29, 1.82) is 0 Å². The number of benzene rings is 2. The summed E-state index contributed by atoms with van der Waals surface area (Å²) in [6.45, 7) is 0.695. The largest absolute Gasteiger partial charge is 0.497 e. The number of aryl methyl sites for hydroxylation is 1. The fourth-order valence-corrected chi connectivity index (χ4v) is 3.65. The van der Waals surface area contributed by atoms with Crippen LogP contribution in [0.25, 0.3) is 10.9 Å². The van der Waals surface area contributed by atoms with Crippen molar-refractivity contribution in [1.82, 2.24) is 9.88 Å². The third-order valence-electron chi connectivity index (χ3n) is 5.33. The number of nitrogens with one attached hydrogen (secondary N) is 1. The molecule has 4 heteroatoms. The molecule has 1 fully saturated rings. The van der Waals surface area contributed by atoms with Gasteiger partial charge in [-0.05, 0) is 55.0 Å². The number of nitrogens with zero attached hydrogens (tertiary/aromatic N) is 1. The Balaban J connectivity index is 1.35. The Labute approximate surface area is 160 Å². The van der Waals surface area contributed by atoms with Crippen LogP contribution in [0.1, 0.15) is 36.8 Å². The highest BCUT2D eigenvalue weighted by atomic mass is 16.5. The van der Waals surface area contributed by atoms with Gasteiger partial charge >= 0.3 is 0 Å². The quantitative estimate of drug-likeness (QED) is 0.632. The van der Waals surface area contributed by atoms with Crippen LogP contribution < -0.4 is 4.74 Å². The molecule has 0 spiro atoms. The van der Waals surface area contributed by atoms with Crippen molar-refractivity contribution in [2.45, 2.75) is 44.7 Å². The second-order valence-electron chi connectivity index (χ2n) is 7.31. The van der Waals surface area contributed by atoms with Gasteiger partial charge in [-0.25, -0.2) is 0 Å². The third kappa shape index (κ3) is 4.16. The first kappa shape index (κ1) is 17.7. The molecule has 0 bridgehead atoms. The van der Waals surface area contributed by atoms with E-state index >= 15 is 0 Å². The monoisotopic (exact) mass is 362 g/mol. The lowest BCUT2D eigenvalue weighted by Crippen LogP contribution is -2.32. The number of hydrogen-bond donors (Lipinski definition) is 1. The van der Waals surface area contributed by atoms with E-state index in [2.05, 4.69) is 34.3 Å². The topological polar surface area (TPSA) is 45.3 Å². The minimum absolute atomic E-state index is 0.271. The molecule has 4 nitrogen and oxygen atoms in total. The fourth-order valence-electron chi connectivity index (χ4n) is 3.65. The Morgan fingerprint density at radius 2 is 1.93 bits per heavy atom. The molecule has 1 aliphatic rings. The molecule has 0 saturated heterocycles. The highest BCUT2D eigenvalue weighted by molar-refractivity contribution is 5.83. The van der Waals surface area contributed by atoms with Gasteiger partial charge in [-0.2, -0.15) is 0 Å². The average molecular weight is 362 g/mol. The summed E-state index contributed by atoms with van der Waals surface area (Å²) in [5, 5.41) is 1.27. The third-order valence-corrected chi connectivity index (χ3v) is 5.33. The molecule has 1 aromatic heterocycles. The second-order valence-corrected chi connectivity index (χ2v) is 7.31. The molecule has 1 heterocycles. The zero-order chi connectivity index (χ0) is 18.6. The highest BCUT2D eigenvalue weighted by Gasteiger charge is 2.32. The SMILES string of the molecule is COc1ccc(CN(C(=O)CCCc2c[nH]c3ccccc23)C2CC2)cc1. The number of para-hydroxylation sites is 1. The summed E-state index contributed by atoms with van der Waals surface area (Å²) < 4.78 is 5.22. The van der Waals surface area contributed by atoms with Crippen LogP contribution in [0, 0.1) is 0 Å². The minimum Gasteiger partial charge on any atom is -0.497 e. The number of H-pyrrole nitrogens is 1. The number of hydrogen-bond acceptors (Lipinski definition) is 2. The smallest absolute Gasteiger partial charge is 0.223 e. The first-order chi connectivity index (χ1) is 13.2. The Morgan fingerprint density at radius 3 is 2.67 bits per heavy atom. The summed E-state index contributed by atoms with van der Waals surface area (Å²) in [6, 6.07) is 16.8. The van der Waals surface area contributed by atoms with E-state index in [0.29, 0.717) is 19.0 Å². The zero-order valence-corrected chi connectivity index (χ0v) is 15.8. The first-order valence-corrected chi connectivity index (χ1v) is 9.72. The van der Waals surface area contributed by atoms with Crippen molar-refractivity contribution >= 4 is 16.8 Å². The lowest BCUT2D eigenvalue weighted by molar-refractivity contribution is -0.132. The number of methoxy groups -OCH3 is 1. The van der Waals surface area contributed by atoms with Gasteiger partial charge in [-0.1, -0.05) is 30.3 Å². The molecule has 1 saturated carbocycles. The number of carbonyl (C=O) groups is 1. The average Bonchev–Trinajstić information content (AvgIpc) is 3.47. The predicted octanol–water partition coefficient (Wildman–Crippen LogP) is 4.69. The minimum atomic E-state index is 0.271. The van der Waals surface area contributed by atoms with Crippen LogP contribution in [0.2, 0.25) is 0 Å². The zero-order valence-electron chi connectivity index (χ0n) is 15.8. The number of rotatable bonds is 8. The normalized spacial score (nSPS) is 13.7. The van der Waals surface area contributed by atoms with Gasteiger partial charge in [0.05, 0.1) is 7.11 Å². The van der Waals surface area contributed by atoms with E-state index in [1.54, 1.807) is 7.11 Å². The maximum atomic E-state index is 12.8. The molecule has 1 N–H and O–H groups in total. The Hall–Kier alpha value is -2.75. The number of fused-ring (bicyclic) bond motifs is 1. The van der Waals surface area contributed by atoms with E-state index in [0.717, 1.165) is 42.5 Å². The van der Waals surface area contributed by atoms with Crippen LogP contribution in [-0.4, -0.2) is 28.9 Å². The van der Waals surface area contributed by atoms with Gasteiger partial charge in [0.15, 0.2) is 0 Å². The van der Waals surface area contributed by atoms with Crippen LogP contribution >= 0.6 is 0 Å². The van der Waals surface area contributed by atoms with Crippen molar-refractivity contribution in [3.63, 3.8) is 0 Å². The lowest BCUT2D eigenvalue weighted by atomic mass is 10.1. The van der Waals surface area contributed by atoms with Gasteiger partial charge in [0, 0.05) is 36.1 Å². The molecule has 27 heavy (non-hydrogen) atoms. The van der Waals surface area contributed by atoms with E-state index in [1.165, 1.54) is 10.9 Å². The van der Waals surface area contributed by atoms with Gasteiger partial charge in [0.2, 0.25) is 5.91 Å². The van der Waals surface area contributed by atoms with Crippen LogP contribution in [0.5, 0.6) is 5.75 Å². The maximum absolute atomic E-state index is 12.8. The number of carbonyl (C=O) groups excluding carboxylic acids is 1. The summed E-state index contributed by atoms with van der Waals surface area (Å²) in [5.41, 5.74) is 3.62. The number of amides is 1. The molecule has 1 aliphatic carbocycles. The van der Waals surface area contributed by atoms with Crippen molar-refractivity contribution in [2.24, 2.45) is 0 Å². The maximum Gasteiger partial charge on any atom is 0.223 e. The molecule has 140 valence electrons. The van der Waals surface area contributed by atoms with Crippen LogP contribution in [0.15, 0.2) is 54.7 Å². The molecule has 0 radical (unpaired) electrons. The van der Waals surface area contributed by atoms with Crippen LogP contribution in [0.4, 0.5) is 0 Å². The van der Waals surface area contributed by atoms with E-state index in [9.17, 15) is 4.79 Å². The molecule has 2 aromatic carbocycles. The van der Waals surface area contributed by atoms with E-state index in [4.69, 9.17) is 4.74 Å². The second kappa shape index (κ2) is 7.87. The van der Waals surface area contributed by atoms with Gasteiger partial charge in [-0.3, -0.25) is 4.79 Å². The van der Waals surface area contributed by atoms with E-state index < -0.39 is 0 Å².